The molecule has 2 rings (SSSR count). The van der Waals surface area contributed by atoms with Crippen molar-refractivity contribution in [1.29, 1.82) is 0 Å². The number of carbonyl (C=O) groups is 1. The minimum absolute atomic E-state index is 0. The summed E-state index contributed by atoms with van der Waals surface area (Å²) in [5.74, 6) is 1.29. The zero-order valence-corrected chi connectivity index (χ0v) is 16.5. The largest absolute Gasteiger partial charge is 0.467 e. The Morgan fingerprint density at radius 1 is 1.25 bits per heavy atom. The van der Waals surface area contributed by atoms with Crippen LogP contribution in [0.4, 0.5) is 0 Å². The fourth-order valence-electron chi connectivity index (χ4n) is 2.56. The minimum atomic E-state index is -0.0969. The van der Waals surface area contributed by atoms with E-state index >= 15 is 0 Å². The second kappa shape index (κ2) is 12.1. The first-order valence-electron chi connectivity index (χ1n) is 8.24. The highest BCUT2D eigenvalue weighted by Crippen LogP contribution is 2.07. The molecule has 136 valence electrons. The van der Waals surface area contributed by atoms with E-state index in [-0.39, 0.29) is 36.4 Å². The Morgan fingerprint density at radius 2 is 2.04 bits per heavy atom. The summed E-state index contributed by atoms with van der Waals surface area (Å²) in [4.78, 5) is 18.4. The average molecular weight is 449 g/mol. The third-order valence-electron chi connectivity index (χ3n) is 3.85. The highest BCUT2D eigenvalue weighted by molar-refractivity contribution is 14.0. The molecule has 1 aliphatic rings. The molecule has 0 radical (unpaired) electrons. The Balaban J connectivity index is 0.00000288. The Bertz CT molecular complexity index is 487. The standard InChI is InChI=1S/C16H27N5O2.HI/c1-17-16(18-7-10-21-8-3-2-4-9-21)20-13-15(22)19-12-14-6-5-11-23-14;/h5-6,11H,2-4,7-10,12-13H2,1H3,(H,19,22)(H2,17,18,20);1H. The van der Waals surface area contributed by atoms with Gasteiger partial charge in [0.25, 0.3) is 0 Å². The van der Waals surface area contributed by atoms with Crippen molar-refractivity contribution < 1.29 is 9.21 Å². The number of piperidine rings is 1. The molecule has 0 spiro atoms. The van der Waals surface area contributed by atoms with Crippen molar-refractivity contribution >= 4 is 35.8 Å². The van der Waals surface area contributed by atoms with Crippen LogP contribution in [0.5, 0.6) is 0 Å². The summed E-state index contributed by atoms with van der Waals surface area (Å²) in [5, 5.41) is 9.04. The first kappa shape index (κ1) is 20.8. The summed E-state index contributed by atoms with van der Waals surface area (Å²) in [6.45, 7) is 4.78. The summed E-state index contributed by atoms with van der Waals surface area (Å²) < 4.78 is 5.17. The van der Waals surface area contributed by atoms with Crippen LogP contribution in [0, 0.1) is 0 Å². The van der Waals surface area contributed by atoms with E-state index in [1.165, 1.54) is 32.4 Å². The molecule has 0 saturated carbocycles. The number of hydrogen-bond acceptors (Lipinski definition) is 4. The molecule has 1 aromatic rings. The molecule has 0 bridgehead atoms. The van der Waals surface area contributed by atoms with E-state index in [4.69, 9.17) is 4.42 Å². The number of hydrogen-bond donors (Lipinski definition) is 3. The van der Waals surface area contributed by atoms with Crippen molar-refractivity contribution in [1.82, 2.24) is 20.9 Å². The van der Waals surface area contributed by atoms with Gasteiger partial charge in [-0.25, -0.2) is 0 Å². The number of halogens is 1. The lowest BCUT2D eigenvalue weighted by Gasteiger charge is -2.26. The predicted octanol–water partition coefficient (Wildman–Crippen LogP) is 1.16. The summed E-state index contributed by atoms with van der Waals surface area (Å²) in [6.07, 6.45) is 5.53. The van der Waals surface area contributed by atoms with Crippen LogP contribution in [0.15, 0.2) is 27.8 Å². The van der Waals surface area contributed by atoms with Crippen LogP contribution in [0.2, 0.25) is 0 Å². The number of aliphatic imine (C=N–C) groups is 1. The van der Waals surface area contributed by atoms with Gasteiger partial charge < -0.3 is 25.3 Å². The number of amides is 1. The number of furan rings is 1. The Kier molecular flexibility index (Phi) is 10.5. The smallest absolute Gasteiger partial charge is 0.239 e. The molecule has 1 aliphatic heterocycles. The molecule has 3 N–H and O–H groups in total. The Labute approximate surface area is 160 Å². The molecule has 1 saturated heterocycles. The van der Waals surface area contributed by atoms with E-state index in [0.717, 1.165) is 18.8 Å². The number of nitrogens with one attached hydrogen (secondary N) is 3. The summed E-state index contributed by atoms with van der Waals surface area (Å²) >= 11 is 0. The van der Waals surface area contributed by atoms with Gasteiger partial charge in [-0.3, -0.25) is 9.79 Å². The van der Waals surface area contributed by atoms with Crippen molar-refractivity contribution in [2.45, 2.75) is 25.8 Å². The molecular formula is C16H28IN5O2. The molecule has 7 nitrogen and oxygen atoms in total. The molecular weight excluding hydrogens is 421 g/mol. The number of carbonyl (C=O) groups excluding carboxylic acids is 1. The number of nitrogens with zero attached hydrogens (tertiary/aromatic N) is 2. The van der Waals surface area contributed by atoms with Crippen molar-refractivity contribution in [3.05, 3.63) is 24.2 Å². The molecule has 0 aliphatic carbocycles. The monoisotopic (exact) mass is 449 g/mol. The summed E-state index contributed by atoms with van der Waals surface area (Å²) in [5.41, 5.74) is 0. The van der Waals surface area contributed by atoms with Crippen LogP contribution < -0.4 is 16.0 Å². The first-order chi connectivity index (χ1) is 11.3. The lowest BCUT2D eigenvalue weighted by Crippen LogP contribution is -2.45. The molecule has 1 aromatic heterocycles. The molecule has 24 heavy (non-hydrogen) atoms. The predicted molar refractivity (Wildman–Crippen MR) is 106 cm³/mol. The third-order valence-corrected chi connectivity index (χ3v) is 3.85. The average Bonchev–Trinajstić information content (AvgIpc) is 3.10. The van der Waals surface area contributed by atoms with Crippen LogP contribution in [-0.4, -0.2) is 56.5 Å². The van der Waals surface area contributed by atoms with Gasteiger partial charge in [-0.15, -0.1) is 24.0 Å². The van der Waals surface area contributed by atoms with E-state index in [1.54, 1.807) is 19.4 Å². The zero-order chi connectivity index (χ0) is 16.3. The summed E-state index contributed by atoms with van der Waals surface area (Å²) in [7, 11) is 1.71. The topological polar surface area (TPSA) is 81.9 Å². The van der Waals surface area contributed by atoms with Crippen LogP contribution in [0.3, 0.4) is 0 Å². The van der Waals surface area contributed by atoms with Gasteiger partial charge in [0.15, 0.2) is 5.96 Å². The molecule has 0 aromatic carbocycles. The fraction of sp³-hybridized carbons (Fsp3) is 0.625. The second-order valence-corrected chi connectivity index (χ2v) is 5.61. The minimum Gasteiger partial charge on any atom is -0.467 e. The van der Waals surface area contributed by atoms with Crippen LogP contribution >= 0.6 is 24.0 Å². The lowest BCUT2D eigenvalue weighted by molar-refractivity contribution is -0.120. The van der Waals surface area contributed by atoms with Gasteiger partial charge in [0.05, 0.1) is 19.4 Å². The van der Waals surface area contributed by atoms with Crippen molar-refractivity contribution in [3.63, 3.8) is 0 Å². The summed E-state index contributed by atoms with van der Waals surface area (Å²) in [6, 6.07) is 3.63. The molecule has 0 unspecified atom stereocenters. The maximum Gasteiger partial charge on any atom is 0.239 e. The normalized spacial score (nSPS) is 15.5. The SMILES string of the molecule is CN=C(NCCN1CCCCC1)NCC(=O)NCc1ccco1.I. The quantitative estimate of drug-likeness (QED) is 0.331. The van der Waals surface area contributed by atoms with E-state index in [9.17, 15) is 4.79 Å². The molecule has 2 heterocycles. The van der Waals surface area contributed by atoms with Crippen molar-refractivity contribution in [2.24, 2.45) is 4.99 Å². The molecule has 1 amide bonds. The number of guanidine groups is 1. The van der Waals surface area contributed by atoms with E-state index in [1.807, 2.05) is 6.07 Å². The van der Waals surface area contributed by atoms with E-state index in [2.05, 4.69) is 25.8 Å². The van der Waals surface area contributed by atoms with Gasteiger partial charge in [0.1, 0.15) is 5.76 Å². The van der Waals surface area contributed by atoms with Gasteiger partial charge in [0, 0.05) is 20.1 Å². The molecule has 8 heteroatoms. The van der Waals surface area contributed by atoms with Gasteiger partial charge in [-0.2, -0.15) is 0 Å². The highest BCUT2D eigenvalue weighted by Gasteiger charge is 2.09. The zero-order valence-electron chi connectivity index (χ0n) is 14.2. The van der Waals surface area contributed by atoms with Crippen molar-refractivity contribution in [3.8, 4) is 0 Å². The first-order valence-corrected chi connectivity index (χ1v) is 8.24. The van der Waals surface area contributed by atoms with Crippen LogP contribution in [-0.2, 0) is 11.3 Å². The van der Waals surface area contributed by atoms with Gasteiger partial charge in [-0.05, 0) is 38.1 Å². The maximum absolute atomic E-state index is 11.8. The van der Waals surface area contributed by atoms with Crippen LogP contribution in [0.1, 0.15) is 25.0 Å². The Morgan fingerprint density at radius 3 is 2.71 bits per heavy atom. The highest BCUT2D eigenvalue weighted by atomic mass is 127. The van der Waals surface area contributed by atoms with E-state index in [0.29, 0.717) is 12.5 Å². The second-order valence-electron chi connectivity index (χ2n) is 5.61. The maximum atomic E-state index is 11.8. The van der Waals surface area contributed by atoms with Gasteiger partial charge >= 0.3 is 0 Å². The van der Waals surface area contributed by atoms with E-state index < -0.39 is 0 Å². The number of likely N-dealkylation sites (tertiary alicyclic amines) is 1. The molecule has 0 atom stereocenters. The molecule has 1 fully saturated rings. The third kappa shape index (κ3) is 8.00. The van der Waals surface area contributed by atoms with Crippen molar-refractivity contribution in [2.75, 3.05) is 39.8 Å². The Hall–Kier alpha value is -1.29. The number of rotatable bonds is 7. The lowest BCUT2D eigenvalue weighted by atomic mass is 10.1. The van der Waals surface area contributed by atoms with Gasteiger partial charge in [0.2, 0.25) is 5.91 Å². The van der Waals surface area contributed by atoms with Crippen LogP contribution in [0.25, 0.3) is 0 Å². The fourth-order valence-corrected chi connectivity index (χ4v) is 2.56. The van der Waals surface area contributed by atoms with Gasteiger partial charge in [-0.1, -0.05) is 6.42 Å².